The molecule has 4 rings (SSSR count). The maximum atomic E-state index is 13.9. The summed E-state index contributed by atoms with van der Waals surface area (Å²) in [6.45, 7) is 11.2. The molecule has 0 aromatic heterocycles. The van der Waals surface area contributed by atoms with Crippen molar-refractivity contribution in [1.29, 1.82) is 0 Å². The molecule has 0 fully saturated rings. The summed E-state index contributed by atoms with van der Waals surface area (Å²) in [6.07, 6.45) is 0. The van der Waals surface area contributed by atoms with Crippen molar-refractivity contribution in [3.63, 3.8) is 0 Å². The van der Waals surface area contributed by atoms with Gasteiger partial charge in [-0.05, 0) is 78.3 Å². The van der Waals surface area contributed by atoms with Gasteiger partial charge in [0.15, 0.2) is 0 Å². The van der Waals surface area contributed by atoms with Gasteiger partial charge in [-0.3, -0.25) is 14.4 Å². The highest BCUT2D eigenvalue weighted by Gasteiger charge is 2.47. The van der Waals surface area contributed by atoms with Crippen LogP contribution in [0.1, 0.15) is 98.9 Å². The number of amides is 3. The summed E-state index contributed by atoms with van der Waals surface area (Å²) in [5, 5.41) is 2.72. The van der Waals surface area contributed by atoms with Gasteiger partial charge < -0.3 is 14.8 Å². The summed E-state index contributed by atoms with van der Waals surface area (Å²) >= 11 is 0. The summed E-state index contributed by atoms with van der Waals surface area (Å²) in [5.74, 6) is -4.37. The first-order valence-corrected chi connectivity index (χ1v) is 13.1. The molecule has 0 saturated carbocycles. The number of hydrogen-bond acceptors (Lipinski definition) is 7. The maximum absolute atomic E-state index is 13.9. The van der Waals surface area contributed by atoms with Crippen LogP contribution in [0.25, 0.3) is 0 Å². The Morgan fingerprint density at radius 1 is 0.659 bits per heavy atom. The van der Waals surface area contributed by atoms with Crippen molar-refractivity contribution in [2.24, 2.45) is 0 Å². The standard InChI is InChI=1S/C32H32N2O7/c1-18-21(26(35)33-19-14-10-8-11-15-19)24(29(38)40-31(2,3)4)25(30(39)41-32(5,6)7)23-22(18)27(36)34(28(23)37)20-16-12-9-13-17-20/h8-17H,1-7H3,(H,33,35). The van der Waals surface area contributed by atoms with Crippen LogP contribution in [0.4, 0.5) is 11.4 Å². The normalized spacial score (nSPS) is 13.1. The number of para-hydroxylation sites is 2. The highest BCUT2D eigenvalue weighted by atomic mass is 16.6. The van der Waals surface area contributed by atoms with E-state index in [1.165, 1.54) is 6.92 Å². The quantitative estimate of drug-likeness (QED) is 0.304. The molecule has 212 valence electrons. The fourth-order valence-corrected chi connectivity index (χ4v) is 4.55. The Morgan fingerprint density at radius 2 is 1.12 bits per heavy atom. The summed E-state index contributed by atoms with van der Waals surface area (Å²) in [6, 6.07) is 16.7. The van der Waals surface area contributed by atoms with Gasteiger partial charge in [0, 0.05) is 5.69 Å². The van der Waals surface area contributed by atoms with E-state index in [4.69, 9.17) is 9.47 Å². The summed E-state index contributed by atoms with van der Waals surface area (Å²) < 4.78 is 11.3. The van der Waals surface area contributed by atoms with Crippen molar-refractivity contribution < 1.29 is 33.4 Å². The molecule has 0 aliphatic carbocycles. The van der Waals surface area contributed by atoms with Crippen LogP contribution in [0, 0.1) is 6.92 Å². The van der Waals surface area contributed by atoms with Crippen molar-refractivity contribution in [3.05, 3.63) is 94.0 Å². The van der Waals surface area contributed by atoms with Crippen LogP contribution >= 0.6 is 0 Å². The minimum atomic E-state index is -1.04. The smallest absolute Gasteiger partial charge is 0.340 e. The van der Waals surface area contributed by atoms with Gasteiger partial charge in [0.25, 0.3) is 17.7 Å². The average Bonchev–Trinajstić information content (AvgIpc) is 3.12. The Balaban J connectivity index is 2.07. The van der Waals surface area contributed by atoms with Crippen molar-refractivity contribution >= 4 is 41.0 Å². The lowest BCUT2D eigenvalue weighted by Crippen LogP contribution is -2.32. The van der Waals surface area contributed by atoms with Gasteiger partial charge in [-0.15, -0.1) is 0 Å². The molecule has 0 saturated heterocycles. The summed E-state index contributed by atoms with van der Waals surface area (Å²) in [5.41, 5.74) is -3.00. The predicted octanol–water partition coefficient (Wildman–Crippen LogP) is 5.96. The van der Waals surface area contributed by atoms with Gasteiger partial charge >= 0.3 is 11.9 Å². The first-order valence-electron chi connectivity index (χ1n) is 13.1. The molecule has 0 spiro atoms. The number of hydrogen-bond donors (Lipinski definition) is 1. The van der Waals surface area contributed by atoms with Crippen LogP contribution < -0.4 is 10.2 Å². The molecule has 41 heavy (non-hydrogen) atoms. The van der Waals surface area contributed by atoms with E-state index in [0.717, 1.165) is 4.90 Å². The van der Waals surface area contributed by atoms with Gasteiger partial charge in [0.05, 0.1) is 33.5 Å². The van der Waals surface area contributed by atoms with Crippen LogP contribution in [-0.2, 0) is 9.47 Å². The van der Waals surface area contributed by atoms with Crippen molar-refractivity contribution in [1.82, 2.24) is 0 Å². The fourth-order valence-electron chi connectivity index (χ4n) is 4.55. The third kappa shape index (κ3) is 5.89. The number of nitrogens with zero attached hydrogens (tertiary/aromatic N) is 1. The second kappa shape index (κ2) is 10.6. The molecule has 3 aromatic carbocycles. The lowest BCUT2D eigenvalue weighted by atomic mass is 9.87. The SMILES string of the molecule is Cc1c(C(=O)Nc2ccccc2)c(C(=O)OC(C)(C)C)c(C(=O)OC(C)(C)C)c2c1C(=O)N(c1ccccc1)C2=O. The molecule has 1 N–H and O–H groups in total. The minimum Gasteiger partial charge on any atom is -0.456 e. The Labute approximate surface area is 238 Å². The number of benzene rings is 3. The predicted molar refractivity (Wildman–Crippen MR) is 153 cm³/mol. The molecule has 1 aliphatic heterocycles. The average molecular weight is 557 g/mol. The Kier molecular flexibility index (Phi) is 7.58. The Bertz CT molecular complexity index is 1560. The number of ether oxygens (including phenoxy) is 2. The molecular weight excluding hydrogens is 524 g/mol. The number of rotatable bonds is 5. The van der Waals surface area contributed by atoms with E-state index in [9.17, 15) is 24.0 Å². The molecule has 1 heterocycles. The van der Waals surface area contributed by atoms with Crippen LogP contribution in [0.15, 0.2) is 60.7 Å². The van der Waals surface area contributed by atoms with Crippen LogP contribution in [0.2, 0.25) is 0 Å². The molecule has 9 nitrogen and oxygen atoms in total. The highest BCUT2D eigenvalue weighted by molar-refractivity contribution is 6.38. The van der Waals surface area contributed by atoms with Gasteiger partial charge in [0.1, 0.15) is 11.2 Å². The Morgan fingerprint density at radius 3 is 1.63 bits per heavy atom. The molecule has 1 aliphatic rings. The number of imide groups is 1. The lowest BCUT2D eigenvalue weighted by molar-refractivity contribution is 0.00170. The van der Waals surface area contributed by atoms with E-state index in [-0.39, 0.29) is 27.9 Å². The first kappa shape index (κ1) is 29.2. The number of esters is 2. The zero-order chi connectivity index (χ0) is 30.3. The van der Waals surface area contributed by atoms with Gasteiger partial charge in [-0.2, -0.15) is 0 Å². The van der Waals surface area contributed by atoms with E-state index in [1.54, 1.807) is 102 Å². The van der Waals surface area contributed by atoms with Gasteiger partial charge in [-0.1, -0.05) is 36.4 Å². The third-order valence-corrected chi connectivity index (χ3v) is 6.06. The molecule has 3 amide bonds. The highest BCUT2D eigenvalue weighted by Crippen LogP contribution is 2.38. The number of carbonyl (C=O) groups is 5. The van der Waals surface area contributed by atoms with Gasteiger partial charge in [0.2, 0.25) is 0 Å². The molecular formula is C32H32N2O7. The number of nitrogens with one attached hydrogen (secondary N) is 1. The molecule has 9 heteroatoms. The monoisotopic (exact) mass is 556 g/mol. The number of fused-ring (bicyclic) bond motifs is 1. The molecule has 3 aromatic rings. The topological polar surface area (TPSA) is 119 Å². The molecule has 0 bridgehead atoms. The second-order valence-electron chi connectivity index (χ2n) is 11.6. The molecule has 0 atom stereocenters. The maximum Gasteiger partial charge on any atom is 0.340 e. The van der Waals surface area contributed by atoms with Crippen LogP contribution in [-0.4, -0.2) is 40.9 Å². The lowest BCUT2D eigenvalue weighted by Gasteiger charge is -2.25. The second-order valence-corrected chi connectivity index (χ2v) is 11.6. The fraction of sp³-hybridized carbons (Fsp3) is 0.281. The van der Waals surface area contributed by atoms with Crippen LogP contribution in [0.3, 0.4) is 0 Å². The van der Waals surface area contributed by atoms with E-state index in [2.05, 4.69) is 5.32 Å². The van der Waals surface area contributed by atoms with E-state index in [1.807, 2.05) is 0 Å². The van der Waals surface area contributed by atoms with Crippen molar-refractivity contribution in [2.75, 3.05) is 10.2 Å². The first-order chi connectivity index (χ1) is 19.1. The van der Waals surface area contributed by atoms with E-state index >= 15 is 0 Å². The minimum absolute atomic E-state index is 0.0541. The van der Waals surface area contributed by atoms with E-state index in [0.29, 0.717) is 5.69 Å². The van der Waals surface area contributed by atoms with E-state index < -0.39 is 52.0 Å². The van der Waals surface area contributed by atoms with Crippen molar-refractivity contribution in [3.8, 4) is 0 Å². The number of carbonyl (C=O) groups excluding carboxylic acids is 5. The zero-order valence-corrected chi connectivity index (χ0v) is 24.1. The Hall–Kier alpha value is -4.79. The number of anilines is 2. The third-order valence-electron chi connectivity index (χ3n) is 6.06. The zero-order valence-electron chi connectivity index (χ0n) is 24.1. The van der Waals surface area contributed by atoms with Crippen molar-refractivity contribution in [2.45, 2.75) is 59.7 Å². The molecule has 0 radical (unpaired) electrons. The van der Waals surface area contributed by atoms with Gasteiger partial charge in [-0.25, -0.2) is 14.5 Å². The summed E-state index contributed by atoms with van der Waals surface area (Å²) in [4.78, 5) is 70.1. The molecule has 0 unspecified atom stereocenters. The largest absolute Gasteiger partial charge is 0.456 e. The van der Waals surface area contributed by atoms with Crippen LogP contribution in [0.5, 0.6) is 0 Å². The summed E-state index contributed by atoms with van der Waals surface area (Å²) in [7, 11) is 0.